The third-order valence-electron chi connectivity index (χ3n) is 0.469. The van der Waals surface area contributed by atoms with Crippen molar-refractivity contribution in [2.45, 2.75) is 20.0 Å². The van der Waals surface area contributed by atoms with Crippen LogP contribution in [0.2, 0.25) is 0 Å². The van der Waals surface area contributed by atoms with E-state index in [2.05, 4.69) is 23.7 Å². The first kappa shape index (κ1) is 7.08. The molecular formula is C7H8O. The van der Waals surface area contributed by atoms with Crippen LogP contribution in [0.1, 0.15) is 13.8 Å². The fraction of sp³-hybridized carbons (Fsp3) is 0.429. The summed E-state index contributed by atoms with van der Waals surface area (Å²) in [5.41, 5.74) is 0. The first-order chi connectivity index (χ1) is 3.77. The van der Waals surface area contributed by atoms with Gasteiger partial charge in [-0.3, -0.25) is 0 Å². The SMILES string of the molecule is CC#CC#CC(C)O. The van der Waals surface area contributed by atoms with Crippen molar-refractivity contribution >= 4 is 0 Å². The molecule has 0 heterocycles. The molecular weight excluding hydrogens is 100 g/mol. The maximum atomic E-state index is 8.54. The molecule has 0 saturated heterocycles. The Bertz CT molecular complexity index is 158. The second kappa shape index (κ2) is 4.24. The lowest BCUT2D eigenvalue weighted by molar-refractivity contribution is 0.253. The fourth-order valence-corrected chi connectivity index (χ4v) is 0.203. The lowest BCUT2D eigenvalue weighted by Crippen LogP contribution is -1.91. The molecule has 1 atom stereocenters. The Labute approximate surface area is 49.7 Å². The van der Waals surface area contributed by atoms with Gasteiger partial charge in [-0.2, -0.15) is 0 Å². The predicted octanol–water partition coefficient (Wildman–Crippen LogP) is 0.394. The highest BCUT2D eigenvalue weighted by Crippen LogP contribution is 1.69. The molecule has 0 fully saturated rings. The van der Waals surface area contributed by atoms with Gasteiger partial charge in [0.05, 0.1) is 0 Å². The molecule has 42 valence electrons. The van der Waals surface area contributed by atoms with Crippen molar-refractivity contribution in [2.24, 2.45) is 0 Å². The van der Waals surface area contributed by atoms with Gasteiger partial charge in [0.15, 0.2) is 0 Å². The van der Waals surface area contributed by atoms with E-state index in [0.717, 1.165) is 0 Å². The number of aliphatic hydroxyl groups is 1. The van der Waals surface area contributed by atoms with Gasteiger partial charge in [0, 0.05) is 0 Å². The van der Waals surface area contributed by atoms with Crippen molar-refractivity contribution in [3.63, 3.8) is 0 Å². The van der Waals surface area contributed by atoms with Crippen molar-refractivity contribution < 1.29 is 5.11 Å². The Hall–Kier alpha value is -0.920. The van der Waals surface area contributed by atoms with Crippen molar-refractivity contribution in [3.8, 4) is 23.7 Å². The zero-order valence-corrected chi connectivity index (χ0v) is 5.02. The Morgan fingerprint density at radius 3 is 2.38 bits per heavy atom. The summed E-state index contributed by atoms with van der Waals surface area (Å²) in [5.74, 6) is 10.0. The minimum atomic E-state index is -0.559. The number of hydrogen-bond acceptors (Lipinski definition) is 1. The van der Waals surface area contributed by atoms with Gasteiger partial charge in [-0.1, -0.05) is 11.8 Å². The van der Waals surface area contributed by atoms with Gasteiger partial charge in [0.1, 0.15) is 6.10 Å². The van der Waals surface area contributed by atoms with E-state index in [1.54, 1.807) is 13.8 Å². The zero-order chi connectivity index (χ0) is 6.41. The topological polar surface area (TPSA) is 20.2 Å². The van der Waals surface area contributed by atoms with E-state index >= 15 is 0 Å². The van der Waals surface area contributed by atoms with E-state index in [1.807, 2.05) is 0 Å². The molecule has 0 radical (unpaired) electrons. The molecule has 1 unspecified atom stereocenters. The molecule has 8 heavy (non-hydrogen) atoms. The van der Waals surface area contributed by atoms with E-state index in [4.69, 9.17) is 5.11 Å². The Morgan fingerprint density at radius 2 is 2.00 bits per heavy atom. The van der Waals surface area contributed by atoms with Crippen LogP contribution in [0, 0.1) is 23.7 Å². The van der Waals surface area contributed by atoms with E-state index in [1.165, 1.54) is 0 Å². The van der Waals surface area contributed by atoms with Crippen molar-refractivity contribution in [1.82, 2.24) is 0 Å². The lowest BCUT2D eigenvalue weighted by Gasteiger charge is -1.82. The van der Waals surface area contributed by atoms with E-state index in [-0.39, 0.29) is 0 Å². The first-order valence-corrected chi connectivity index (χ1v) is 2.37. The van der Waals surface area contributed by atoms with Crippen LogP contribution in [0.15, 0.2) is 0 Å². The van der Waals surface area contributed by atoms with Crippen LogP contribution in [-0.4, -0.2) is 11.2 Å². The quantitative estimate of drug-likeness (QED) is 0.445. The number of rotatable bonds is 0. The molecule has 0 saturated carbocycles. The van der Waals surface area contributed by atoms with Gasteiger partial charge < -0.3 is 5.11 Å². The van der Waals surface area contributed by atoms with Crippen molar-refractivity contribution in [1.29, 1.82) is 0 Å². The van der Waals surface area contributed by atoms with Crippen LogP contribution in [-0.2, 0) is 0 Å². The fourth-order valence-electron chi connectivity index (χ4n) is 0.203. The van der Waals surface area contributed by atoms with Crippen LogP contribution in [0.5, 0.6) is 0 Å². The van der Waals surface area contributed by atoms with Crippen molar-refractivity contribution in [2.75, 3.05) is 0 Å². The standard InChI is InChI=1S/C7H8O/c1-3-4-5-6-7(2)8/h7-8H,1-2H3. The predicted molar refractivity (Wildman–Crippen MR) is 32.9 cm³/mol. The zero-order valence-electron chi connectivity index (χ0n) is 5.02. The van der Waals surface area contributed by atoms with Gasteiger partial charge in [0.2, 0.25) is 0 Å². The van der Waals surface area contributed by atoms with Gasteiger partial charge in [0.25, 0.3) is 0 Å². The second-order valence-electron chi connectivity index (χ2n) is 1.32. The number of hydrogen-bond donors (Lipinski definition) is 1. The Morgan fingerprint density at radius 1 is 1.38 bits per heavy atom. The van der Waals surface area contributed by atoms with E-state index in [9.17, 15) is 0 Å². The van der Waals surface area contributed by atoms with Gasteiger partial charge >= 0.3 is 0 Å². The molecule has 1 nitrogen and oxygen atoms in total. The summed E-state index contributed by atoms with van der Waals surface area (Å²) >= 11 is 0. The number of aliphatic hydroxyl groups excluding tert-OH is 1. The molecule has 1 N–H and O–H groups in total. The van der Waals surface area contributed by atoms with Crippen molar-refractivity contribution in [3.05, 3.63) is 0 Å². The van der Waals surface area contributed by atoms with E-state index in [0.29, 0.717) is 0 Å². The Balaban J connectivity index is 3.62. The summed E-state index contributed by atoms with van der Waals surface area (Å²) < 4.78 is 0. The molecule has 0 amide bonds. The van der Waals surface area contributed by atoms with Crippen LogP contribution >= 0.6 is 0 Å². The average molecular weight is 108 g/mol. The van der Waals surface area contributed by atoms with Gasteiger partial charge in [-0.05, 0) is 25.7 Å². The molecule has 0 aliphatic heterocycles. The smallest absolute Gasteiger partial charge is 0.112 e. The summed E-state index contributed by atoms with van der Waals surface area (Å²) in [7, 11) is 0. The van der Waals surface area contributed by atoms with E-state index < -0.39 is 6.10 Å². The summed E-state index contributed by atoms with van der Waals surface area (Å²) in [6.07, 6.45) is -0.559. The molecule has 0 spiro atoms. The average Bonchev–Trinajstić information content (AvgIpc) is 1.66. The molecule has 0 bridgehead atoms. The lowest BCUT2D eigenvalue weighted by atomic mass is 10.4. The molecule has 0 aliphatic carbocycles. The monoisotopic (exact) mass is 108 g/mol. The normalized spacial score (nSPS) is 9.88. The summed E-state index contributed by atoms with van der Waals surface area (Å²) in [5, 5.41) is 8.54. The molecule has 1 heteroatoms. The highest BCUT2D eigenvalue weighted by molar-refractivity contribution is 5.25. The third kappa shape index (κ3) is 5.08. The second-order valence-corrected chi connectivity index (χ2v) is 1.32. The molecule has 0 aromatic rings. The minimum Gasteiger partial charge on any atom is -0.381 e. The summed E-state index contributed by atoms with van der Waals surface area (Å²) in [4.78, 5) is 0. The summed E-state index contributed by atoms with van der Waals surface area (Å²) in [6, 6.07) is 0. The van der Waals surface area contributed by atoms with Gasteiger partial charge in [-0.25, -0.2) is 0 Å². The summed E-state index contributed by atoms with van der Waals surface area (Å²) in [6.45, 7) is 3.31. The first-order valence-electron chi connectivity index (χ1n) is 2.37. The Kier molecular flexibility index (Phi) is 3.76. The highest BCUT2D eigenvalue weighted by atomic mass is 16.3. The third-order valence-corrected chi connectivity index (χ3v) is 0.469. The van der Waals surface area contributed by atoms with Crippen LogP contribution in [0.4, 0.5) is 0 Å². The maximum absolute atomic E-state index is 8.54. The minimum absolute atomic E-state index is 0.559. The maximum Gasteiger partial charge on any atom is 0.112 e. The highest BCUT2D eigenvalue weighted by Gasteiger charge is 1.78. The van der Waals surface area contributed by atoms with Crippen LogP contribution < -0.4 is 0 Å². The van der Waals surface area contributed by atoms with Crippen LogP contribution in [0.3, 0.4) is 0 Å². The molecule has 0 rings (SSSR count). The molecule has 0 aromatic carbocycles. The van der Waals surface area contributed by atoms with Gasteiger partial charge in [-0.15, -0.1) is 0 Å². The van der Waals surface area contributed by atoms with Crippen LogP contribution in [0.25, 0.3) is 0 Å². The molecule has 0 aromatic heterocycles. The molecule has 0 aliphatic rings. The largest absolute Gasteiger partial charge is 0.381 e.